The third-order valence-electron chi connectivity index (χ3n) is 3.19. The molecule has 1 heterocycles. The Hall–Kier alpha value is -1.42. The summed E-state index contributed by atoms with van der Waals surface area (Å²) in [6.45, 7) is 1.58. The number of nitrogens with zero attached hydrogens (tertiary/aromatic N) is 2. The van der Waals surface area contributed by atoms with Crippen LogP contribution < -0.4 is 0 Å². The number of ketones is 1. The molecule has 1 aromatic heterocycles. The predicted molar refractivity (Wildman–Crippen MR) is 73.2 cm³/mol. The van der Waals surface area contributed by atoms with Gasteiger partial charge in [0.2, 0.25) is 0 Å². The second-order valence-corrected chi connectivity index (χ2v) is 5.59. The molecule has 92 valence electrons. The zero-order valence-electron chi connectivity index (χ0n) is 10.1. The largest absolute Gasteiger partial charge is 0.294 e. The van der Waals surface area contributed by atoms with E-state index in [4.69, 9.17) is 0 Å². The van der Waals surface area contributed by atoms with Gasteiger partial charge in [-0.25, -0.2) is 4.68 Å². The summed E-state index contributed by atoms with van der Waals surface area (Å²) in [5, 5.41) is 4.57. The maximum absolute atomic E-state index is 11.6. The van der Waals surface area contributed by atoms with Gasteiger partial charge in [0.15, 0.2) is 5.78 Å². The molecule has 2 aromatic rings. The molecule has 1 aliphatic rings. The van der Waals surface area contributed by atoms with Gasteiger partial charge >= 0.3 is 0 Å². The van der Waals surface area contributed by atoms with E-state index in [2.05, 4.69) is 21.0 Å². The molecule has 0 radical (unpaired) electrons. The number of benzene rings is 1. The number of carbonyl (C=O) groups is 1. The SMILES string of the molecule is CC(=O)c1ccc(Br)cc1-n1ccc(C2CC2)n1. The lowest BCUT2D eigenvalue weighted by molar-refractivity contribution is 0.101. The van der Waals surface area contributed by atoms with Crippen molar-refractivity contribution in [2.75, 3.05) is 0 Å². The number of aromatic nitrogens is 2. The topological polar surface area (TPSA) is 34.9 Å². The van der Waals surface area contributed by atoms with Crippen molar-refractivity contribution in [2.24, 2.45) is 0 Å². The van der Waals surface area contributed by atoms with Crippen LogP contribution in [0.25, 0.3) is 5.69 Å². The number of rotatable bonds is 3. The zero-order chi connectivity index (χ0) is 12.7. The monoisotopic (exact) mass is 304 g/mol. The number of hydrogen-bond acceptors (Lipinski definition) is 2. The second-order valence-electron chi connectivity index (χ2n) is 4.68. The van der Waals surface area contributed by atoms with E-state index in [1.165, 1.54) is 12.8 Å². The molecule has 1 fully saturated rings. The summed E-state index contributed by atoms with van der Waals surface area (Å²) in [6.07, 6.45) is 4.39. The molecule has 0 amide bonds. The van der Waals surface area contributed by atoms with Gasteiger partial charge in [-0.05, 0) is 44.0 Å². The molecule has 0 N–H and O–H groups in total. The molecule has 1 saturated carbocycles. The molecular weight excluding hydrogens is 292 g/mol. The smallest absolute Gasteiger partial charge is 0.161 e. The molecule has 0 aliphatic heterocycles. The van der Waals surface area contributed by atoms with Crippen molar-refractivity contribution in [2.45, 2.75) is 25.7 Å². The van der Waals surface area contributed by atoms with Gasteiger partial charge in [-0.1, -0.05) is 15.9 Å². The van der Waals surface area contributed by atoms with Crippen LogP contribution in [0, 0.1) is 0 Å². The van der Waals surface area contributed by atoms with Crippen molar-refractivity contribution < 1.29 is 4.79 Å². The number of hydrogen-bond donors (Lipinski definition) is 0. The Labute approximate surface area is 114 Å². The third kappa shape index (κ3) is 2.12. The van der Waals surface area contributed by atoms with Gasteiger partial charge in [-0.15, -0.1) is 0 Å². The van der Waals surface area contributed by atoms with Crippen LogP contribution in [0.1, 0.15) is 41.7 Å². The highest BCUT2D eigenvalue weighted by Gasteiger charge is 2.26. The average molecular weight is 305 g/mol. The number of Topliss-reactive ketones (excluding diaryl/α,β-unsaturated/α-hetero) is 1. The van der Waals surface area contributed by atoms with E-state index >= 15 is 0 Å². The maximum atomic E-state index is 11.6. The molecule has 0 unspecified atom stereocenters. The molecule has 1 aromatic carbocycles. The normalized spacial score (nSPS) is 14.8. The molecule has 0 bridgehead atoms. The Bertz CT molecular complexity index is 614. The Morgan fingerprint density at radius 2 is 2.17 bits per heavy atom. The second kappa shape index (κ2) is 4.35. The van der Waals surface area contributed by atoms with Gasteiger partial charge in [0, 0.05) is 22.2 Å². The van der Waals surface area contributed by atoms with Crippen LogP contribution in [-0.4, -0.2) is 15.6 Å². The fraction of sp³-hybridized carbons (Fsp3) is 0.286. The average Bonchev–Trinajstić information content (AvgIpc) is 3.07. The van der Waals surface area contributed by atoms with E-state index in [-0.39, 0.29) is 5.78 Å². The minimum absolute atomic E-state index is 0.0565. The Balaban J connectivity index is 2.07. The van der Waals surface area contributed by atoms with E-state index in [9.17, 15) is 4.79 Å². The summed E-state index contributed by atoms with van der Waals surface area (Å²) in [5.74, 6) is 0.681. The Morgan fingerprint density at radius 1 is 1.39 bits per heavy atom. The lowest BCUT2D eigenvalue weighted by Gasteiger charge is -2.07. The highest BCUT2D eigenvalue weighted by atomic mass is 79.9. The summed E-state index contributed by atoms with van der Waals surface area (Å²) in [4.78, 5) is 11.6. The molecule has 0 spiro atoms. The third-order valence-corrected chi connectivity index (χ3v) is 3.68. The maximum Gasteiger partial charge on any atom is 0.161 e. The van der Waals surface area contributed by atoms with Gasteiger partial charge < -0.3 is 0 Å². The minimum atomic E-state index is 0.0565. The lowest BCUT2D eigenvalue weighted by atomic mass is 10.1. The first-order valence-electron chi connectivity index (χ1n) is 6.01. The molecule has 0 atom stereocenters. The summed E-state index contributed by atoms with van der Waals surface area (Å²) < 4.78 is 2.75. The Morgan fingerprint density at radius 3 is 2.83 bits per heavy atom. The lowest BCUT2D eigenvalue weighted by Crippen LogP contribution is -2.04. The first kappa shape index (κ1) is 11.7. The van der Waals surface area contributed by atoms with E-state index in [1.807, 2.05) is 30.5 Å². The molecule has 0 saturated heterocycles. The van der Waals surface area contributed by atoms with Gasteiger partial charge in [0.1, 0.15) is 0 Å². The molecule has 18 heavy (non-hydrogen) atoms. The van der Waals surface area contributed by atoms with Crippen molar-refractivity contribution in [1.29, 1.82) is 0 Å². The van der Waals surface area contributed by atoms with Gasteiger partial charge in [-0.3, -0.25) is 4.79 Å². The van der Waals surface area contributed by atoms with Crippen molar-refractivity contribution >= 4 is 21.7 Å². The summed E-state index contributed by atoms with van der Waals surface area (Å²) in [6, 6.07) is 7.69. The molecule has 4 heteroatoms. The highest BCUT2D eigenvalue weighted by molar-refractivity contribution is 9.10. The van der Waals surface area contributed by atoms with Crippen molar-refractivity contribution in [1.82, 2.24) is 9.78 Å². The molecule has 1 aliphatic carbocycles. The van der Waals surface area contributed by atoms with E-state index in [0.29, 0.717) is 11.5 Å². The first-order chi connectivity index (χ1) is 8.65. The fourth-order valence-corrected chi connectivity index (χ4v) is 2.41. The summed E-state index contributed by atoms with van der Waals surface area (Å²) in [5.41, 5.74) is 2.66. The van der Waals surface area contributed by atoms with Crippen LogP contribution >= 0.6 is 15.9 Å². The highest BCUT2D eigenvalue weighted by Crippen LogP contribution is 2.39. The Kier molecular flexibility index (Phi) is 2.82. The molecular formula is C14H13BrN2O. The van der Waals surface area contributed by atoms with Crippen LogP contribution in [-0.2, 0) is 0 Å². The zero-order valence-corrected chi connectivity index (χ0v) is 11.6. The van der Waals surface area contributed by atoms with Crippen molar-refractivity contribution in [3.63, 3.8) is 0 Å². The van der Waals surface area contributed by atoms with E-state index in [0.717, 1.165) is 15.9 Å². The van der Waals surface area contributed by atoms with Crippen LogP contribution in [0.15, 0.2) is 34.9 Å². The summed E-state index contributed by atoms with van der Waals surface area (Å²) >= 11 is 3.44. The van der Waals surface area contributed by atoms with E-state index in [1.54, 1.807) is 11.6 Å². The summed E-state index contributed by atoms with van der Waals surface area (Å²) in [7, 11) is 0. The molecule has 3 nitrogen and oxygen atoms in total. The van der Waals surface area contributed by atoms with Crippen molar-refractivity contribution in [3.8, 4) is 5.69 Å². The van der Waals surface area contributed by atoms with Gasteiger partial charge in [0.05, 0.1) is 11.4 Å². The predicted octanol–water partition coefficient (Wildman–Crippen LogP) is 3.71. The van der Waals surface area contributed by atoms with Crippen LogP contribution in [0.2, 0.25) is 0 Å². The van der Waals surface area contributed by atoms with Crippen LogP contribution in [0.4, 0.5) is 0 Å². The van der Waals surface area contributed by atoms with Crippen LogP contribution in [0.3, 0.4) is 0 Å². The quantitative estimate of drug-likeness (QED) is 0.810. The van der Waals surface area contributed by atoms with Gasteiger partial charge in [-0.2, -0.15) is 5.10 Å². The standard InChI is InChI=1S/C14H13BrN2O/c1-9(18)12-5-4-11(15)8-14(12)17-7-6-13(16-17)10-2-3-10/h4-8,10H,2-3H2,1H3. The van der Waals surface area contributed by atoms with Gasteiger partial charge in [0.25, 0.3) is 0 Å². The van der Waals surface area contributed by atoms with Crippen molar-refractivity contribution in [3.05, 3.63) is 46.2 Å². The number of halogens is 1. The number of carbonyl (C=O) groups excluding carboxylic acids is 1. The minimum Gasteiger partial charge on any atom is -0.294 e. The molecule has 3 rings (SSSR count). The first-order valence-corrected chi connectivity index (χ1v) is 6.81. The van der Waals surface area contributed by atoms with E-state index < -0.39 is 0 Å². The van der Waals surface area contributed by atoms with Crippen LogP contribution in [0.5, 0.6) is 0 Å². The fourth-order valence-electron chi connectivity index (χ4n) is 2.06.